The summed E-state index contributed by atoms with van der Waals surface area (Å²) in [6.07, 6.45) is 7.29. The predicted molar refractivity (Wildman–Crippen MR) is 77.9 cm³/mol. The summed E-state index contributed by atoms with van der Waals surface area (Å²) in [7, 11) is 1.96. The largest absolute Gasteiger partial charge is 0.394 e. The summed E-state index contributed by atoms with van der Waals surface area (Å²) in [5, 5.41) is 12.8. The fourth-order valence-electron chi connectivity index (χ4n) is 3.26. The Balaban J connectivity index is 2.39. The van der Waals surface area contributed by atoms with Crippen molar-refractivity contribution in [3.8, 4) is 0 Å². The first-order valence-electron chi connectivity index (χ1n) is 7.64. The number of likely N-dealkylation sites (N-methyl/N-ethyl adjacent to an activating group) is 1. The Bertz CT molecular complexity index is 210. The molecular formula is C15H32N2O. The van der Waals surface area contributed by atoms with Crippen LogP contribution in [0.3, 0.4) is 0 Å². The monoisotopic (exact) mass is 256 g/mol. The molecule has 0 amide bonds. The average molecular weight is 256 g/mol. The maximum Gasteiger partial charge on any atom is 0.0613 e. The van der Waals surface area contributed by atoms with Crippen LogP contribution in [0, 0.1) is 0 Å². The van der Waals surface area contributed by atoms with E-state index in [4.69, 9.17) is 0 Å². The van der Waals surface area contributed by atoms with Crippen LogP contribution in [0.2, 0.25) is 0 Å². The van der Waals surface area contributed by atoms with E-state index in [-0.39, 0.29) is 12.1 Å². The molecule has 1 aliphatic heterocycles. The summed E-state index contributed by atoms with van der Waals surface area (Å²) in [4.78, 5) is 2.65. The summed E-state index contributed by atoms with van der Waals surface area (Å²) >= 11 is 0. The summed E-state index contributed by atoms with van der Waals surface area (Å²) in [5.41, 5.74) is -0.0672. The lowest BCUT2D eigenvalue weighted by atomic mass is 9.90. The second kappa shape index (κ2) is 7.46. The highest BCUT2D eigenvalue weighted by Crippen LogP contribution is 2.24. The average Bonchev–Trinajstić information content (AvgIpc) is 2.38. The molecule has 0 saturated carbocycles. The topological polar surface area (TPSA) is 35.5 Å². The van der Waals surface area contributed by atoms with Gasteiger partial charge in [-0.3, -0.25) is 4.90 Å². The van der Waals surface area contributed by atoms with Gasteiger partial charge in [0.15, 0.2) is 0 Å². The van der Waals surface area contributed by atoms with E-state index in [1.165, 1.54) is 32.2 Å². The lowest BCUT2D eigenvalue weighted by Gasteiger charge is -2.40. The molecule has 1 aliphatic rings. The van der Waals surface area contributed by atoms with Crippen LogP contribution in [-0.2, 0) is 0 Å². The van der Waals surface area contributed by atoms with Crippen LogP contribution in [0.25, 0.3) is 0 Å². The van der Waals surface area contributed by atoms with Gasteiger partial charge in [0.1, 0.15) is 0 Å². The Hall–Kier alpha value is -0.120. The van der Waals surface area contributed by atoms with Gasteiger partial charge in [-0.05, 0) is 59.5 Å². The molecule has 0 aliphatic carbocycles. The molecule has 1 rings (SSSR count). The number of nitrogens with one attached hydrogen (secondary N) is 1. The van der Waals surface area contributed by atoms with Gasteiger partial charge >= 0.3 is 0 Å². The third kappa shape index (κ3) is 3.94. The lowest BCUT2D eigenvalue weighted by Crippen LogP contribution is -2.48. The Morgan fingerprint density at radius 1 is 1.28 bits per heavy atom. The van der Waals surface area contributed by atoms with E-state index in [0.29, 0.717) is 0 Å². The highest BCUT2D eigenvalue weighted by atomic mass is 16.3. The van der Waals surface area contributed by atoms with E-state index in [0.717, 1.165) is 24.9 Å². The number of aliphatic hydroxyl groups is 1. The van der Waals surface area contributed by atoms with Gasteiger partial charge in [-0.25, -0.2) is 0 Å². The van der Waals surface area contributed by atoms with Crippen molar-refractivity contribution in [3.63, 3.8) is 0 Å². The molecule has 0 bridgehead atoms. The van der Waals surface area contributed by atoms with Gasteiger partial charge in [-0.1, -0.05) is 13.3 Å². The van der Waals surface area contributed by atoms with E-state index in [1.807, 2.05) is 7.05 Å². The SMILES string of the molecule is CCC(CO)(CCCN1[C@H](C)CCC[C@@H]1C)NC. The van der Waals surface area contributed by atoms with Crippen molar-refractivity contribution >= 4 is 0 Å². The molecule has 0 spiro atoms. The third-order valence-electron chi connectivity index (χ3n) is 4.96. The van der Waals surface area contributed by atoms with Crippen molar-refractivity contribution in [2.24, 2.45) is 0 Å². The number of piperidine rings is 1. The van der Waals surface area contributed by atoms with Crippen molar-refractivity contribution < 1.29 is 5.11 Å². The fourth-order valence-corrected chi connectivity index (χ4v) is 3.26. The summed E-state index contributed by atoms with van der Waals surface area (Å²) in [6, 6.07) is 1.46. The van der Waals surface area contributed by atoms with Crippen LogP contribution >= 0.6 is 0 Å². The number of rotatable bonds is 7. The molecule has 1 fully saturated rings. The first-order chi connectivity index (χ1) is 8.58. The zero-order valence-electron chi connectivity index (χ0n) is 12.7. The maximum absolute atomic E-state index is 9.54. The van der Waals surface area contributed by atoms with Crippen LogP contribution in [0.5, 0.6) is 0 Å². The molecule has 0 aromatic rings. The molecule has 0 aromatic carbocycles. The zero-order valence-corrected chi connectivity index (χ0v) is 12.7. The van der Waals surface area contributed by atoms with Crippen molar-refractivity contribution in [1.82, 2.24) is 10.2 Å². The van der Waals surface area contributed by atoms with Gasteiger partial charge in [-0.15, -0.1) is 0 Å². The van der Waals surface area contributed by atoms with Gasteiger partial charge in [0.2, 0.25) is 0 Å². The molecule has 1 unspecified atom stereocenters. The molecule has 3 nitrogen and oxygen atoms in total. The number of hydrogen-bond donors (Lipinski definition) is 2. The second-order valence-corrected chi connectivity index (χ2v) is 6.01. The molecule has 1 heterocycles. The minimum absolute atomic E-state index is 0.0672. The summed E-state index contributed by atoms with van der Waals surface area (Å²) in [5.74, 6) is 0. The van der Waals surface area contributed by atoms with Crippen LogP contribution in [0.4, 0.5) is 0 Å². The molecule has 18 heavy (non-hydrogen) atoms. The summed E-state index contributed by atoms with van der Waals surface area (Å²) < 4.78 is 0. The smallest absolute Gasteiger partial charge is 0.0613 e. The highest BCUT2D eigenvalue weighted by Gasteiger charge is 2.27. The molecule has 2 N–H and O–H groups in total. The number of hydrogen-bond acceptors (Lipinski definition) is 3. The lowest BCUT2D eigenvalue weighted by molar-refractivity contribution is 0.0908. The van der Waals surface area contributed by atoms with E-state index < -0.39 is 0 Å². The first kappa shape index (κ1) is 15.9. The van der Waals surface area contributed by atoms with Crippen LogP contribution in [0.1, 0.15) is 59.3 Å². The van der Waals surface area contributed by atoms with Crippen LogP contribution < -0.4 is 5.32 Å². The van der Waals surface area contributed by atoms with Gasteiger partial charge in [0.05, 0.1) is 6.61 Å². The molecule has 108 valence electrons. The normalized spacial score (nSPS) is 29.2. The van der Waals surface area contributed by atoms with Gasteiger partial charge in [0, 0.05) is 17.6 Å². The Morgan fingerprint density at radius 2 is 1.89 bits per heavy atom. The Kier molecular flexibility index (Phi) is 6.61. The molecule has 0 aromatic heterocycles. The van der Waals surface area contributed by atoms with Gasteiger partial charge < -0.3 is 10.4 Å². The number of likely N-dealkylation sites (tertiary alicyclic amines) is 1. The molecule has 1 saturated heterocycles. The number of nitrogens with zero attached hydrogens (tertiary/aromatic N) is 1. The maximum atomic E-state index is 9.54. The van der Waals surface area contributed by atoms with Crippen molar-refractivity contribution in [2.45, 2.75) is 76.9 Å². The minimum Gasteiger partial charge on any atom is -0.394 e. The Morgan fingerprint density at radius 3 is 2.33 bits per heavy atom. The predicted octanol–water partition coefficient (Wildman–Crippen LogP) is 2.39. The third-order valence-corrected chi connectivity index (χ3v) is 4.96. The zero-order chi connectivity index (χ0) is 13.6. The summed E-state index contributed by atoms with van der Waals surface area (Å²) in [6.45, 7) is 8.27. The van der Waals surface area contributed by atoms with Gasteiger partial charge in [-0.2, -0.15) is 0 Å². The quantitative estimate of drug-likeness (QED) is 0.734. The van der Waals surface area contributed by atoms with E-state index in [9.17, 15) is 5.11 Å². The minimum atomic E-state index is -0.0672. The van der Waals surface area contributed by atoms with Crippen molar-refractivity contribution in [2.75, 3.05) is 20.2 Å². The number of aliphatic hydroxyl groups excluding tert-OH is 1. The highest BCUT2D eigenvalue weighted by molar-refractivity contribution is 4.86. The molecule has 0 radical (unpaired) electrons. The molecular weight excluding hydrogens is 224 g/mol. The first-order valence-corrected chi connectivity index (χ1v) is 7.64. The van der Waals surface area contributed by atoms with E-state index >= 15 is 0 Å². The van der Waals surface area contributed by atoms with E-state index in [1.54, 1.807) is 0 Å². The second-order valence-electron chi connectivity index (χ2n) is 6.01. The Labute approximate surface area is 113 Å². The van der Waals surface area contributed by atoms with Crippen molar-refractivity contribution in [1.29, 1.82) is 0 Å². The standard InChI is InChI=1S/C15H32N2O/c1-5-15(12-18,16-4)10-7-11-17-13(2)8-6-9-14(17)3/h13-14,16,18H,5-12H2,1-4H3/t13-,14+,15?. The van der Waals surface area contributed by atoms with Crippen LogP contribution in [0.15, 0.2) is 0 Å². The van der Waals surface area contributed by atoms with E-state index in [2.05, 4.69) is 31.0 Å². The fraction of sp³-hybridized carbons (Fsp3) is 1.00. The molecule has 3 heteroatoms. The van der Waals surface area contributed by atoms with Crippen LogP contribution in [-0.4, -0.2) is 47.8 Å². The van der Waals surface area contributed by atoms with Crippen molar-refractivity contribution in [3.05, 3.63) is 0 Å². The molecule has 3 atom stereocenters. The van der Waals surface area contributed by atoms with Gasteiger partial charge in [0.25, 0.3) is 0 Å².